The van der Waals surface area contributed by atoms with Crippen molar-refractivity contribution in [2.24, 2.45) is 4.99 Å². The molecule has 1 amide bonds. The number of amides is 1. The molecule has 1 saturated heterocycles. The zero-order valence-electron chi connectivity index (χ0n) is 16.5. The average molecular weight is 490 g/mol. The number of thioether (sulfide) groups is 1. The summed E-state index contributed by atoms with van der Waals surface area (Å²) < 4.78 is 6.57. The molecule has 156 valence electrons. The van der Waals surface area contributed by atoms with E-state index in [1.54, 1.807) is 17.0 Å². The minimum absolute atomic E-state index is 0.0377. The minimum atomic E-state index is -0.432. The van der Waals surface area contributed by atoms with Crippen LogP contribution >= 0.6 is 27.7 Å². The number of ether oxygens (including phenoxy) is 1. The summed E-state index contributed by atoms with van der Waals surface area (Å²) in [6, 6.07) is 11.8. The number of halogens is 1. The lowest BCUT2D eigenvalue weighted by Crippen LogP contribution is -2.28. The third kappa shape index (κ3) is 5.09. The topological polar surface area (TPSA) is 85.0 Å². The van der Waals surface area contributed by atoms with Crippen molar-refractivity contribution in [2.75, 3.05) is 13.1 Å². The summed E-state index contributed by atoms with van der Waals surface area (Å²) in [5.41, 5.74) is 1.74. The van der Waals surface area contributed by atoms with Crippen LogP contribution in [-0.4, -0.2) is 34.0 Å². The predicted octanol–water partition coefficient (Wildman–Crippen LogP) is 5.25. The van der Waals surface area contributed by atoms with Crippen molar-refractivity contribution in [1.82, 2.24) is 4.90 Å². The highest BCUT2D eigenvalue weighted by Gasteiger charge is 2.31. The second-order valence-corrected chi connectivity index (χ2v) is 8.18. The van der Waals surface area contributed by atoms with Gasteiger partial charge in [0.2, 0.25) is 0 Å². The van der Waals surface area contributed by atoms with Gasteiger partial charge in [0.25, 0.3) is 11.6 Å². The van der Waals surface area contributed by atoms with Gasteiger partial charge in [-0.05, 0) is 83.0 Å². The SMILES string of the molecule is CCN=C1S/C(=C\c2ccc(OCc3ccc([N+](=O)[O-])cc3)c(Br)c2)C(=O)N1CC. The maximum Gasteiger partial charge on any atom is 0.269 e. The van der Waals surface area contributed by atoms with Gasteiger partial charge in [0, 0.05) is 25.2 Å². The molecule has 0 N–H and O–H groups in total. The molecule has 2 aromatic rings. The van der Waals surface area contributed by atoms with Crippen molar-refractivity contribution >= 4 is 50.5 Å². The number of aliphatic imine (C=N–C) groups is 1. The smallest absolute Gasteiger partial charge is 0.269 e. The Morgan fingerprint density at radius 1 is 1.23 bits per heavy atom. The Morgan fingerprint density at radius 2 is 1.97 bits per heavy atom. The molecule has 1 aliphatic rings. The second-order valence-electron chi connectivity index (χ2n) is 6.32. The fourth-order valence-electron chi connectivity index (χ4n) is 2.79. The Bertz CT molecular complexity index is 1020. The highest BCUT2D eigenvalue weighted by atomic mass is 79.9. The number of nitrogens with zero attached hydrogens (tertiary/aromatic N) is 3. The van der Waals surface area contributed by atoms with Gasteiger partial charge in [-0.25, -0.2) is 0 Å². The van der Waals surface area contributed by atoms with Crippen LogP contribution in [0.25, 0.3) is 6.08 Å². The number of benzene rings is 2. The maximum absolute atomic E-state index is 12.6. The summed E-state index contributed by atoms with van der Waals surface area (Å²) in [7, 11) is 0. The average Bonchev–Trinajstić information content (AvgIpc) is 3.02. The first-order valence-corrected chi connectivity index (χ1v) is 11.0. The van der Waals surface area contributed by atoms with Gasteiger partial charge in [-0.1, -0.05) is 6.07 Å². The van der Waals surface area contributed by atoms with Crippen LogP contribution in [0.3, 0.4) is 0 Å². The summed E-state index contributed by atoms with van der Waals surface area (Å²) >= 11 is 4.89. The third-order valence-electron chi connectivity index (χ3n) is 4.29. The number of likely N-dealkylation sites (N-methyl/N-ethyl adjacent to an activating group) is 1. The summed E-state index contributed by atoms with van der Waals surface area (Å²) in [4.78, 5) is 29.6. The molecule has 0 atom stereocenters. The lowest BCUT2D eigenvalue weighted by atomic mass is 10.2. The van der Waals surface area contributed by atoms with Crippen molar-refractivity contribution < 1.29 is 14.5 Å². The molecule has 30 heavy (non-hydrogen) atoms. The molecule has 2 aromatic carbocycles. The Labute approximate surface area is 187 Å². The number of rotatable bonds is 7. The first kappa shape index (κ1) is 22.0. The zero-order valence-corrected chi connectivity index (χ0v) is 18.9. The molecule has 1 aliphatic heterocycles. The quantitative estimate of drug-likeness (QED) is 0.301. The van der Waals surface area contributed by atoms with E-state index in [1.807, 2.05) is 38.1 Å². The van der Waals surface area contributed by atoms with E-state index in [0.717, 1.165) is 20.8 Å². The number of carbonyl (C=O) groups excluding carboxylic acids is 1. The van der Waals surface area contributed by atoms with Crippen LogP contribution in [0.5, 0.6) is 5.75 Å². The molecule has 0 unspecified atom stereocenters. The number of carbonyl (C=O) groups is 1. The van der Waals surface area contributed by atoms with Gasteiger partial charge in [0.1, 0.15) is 12.4 Å². The summed E-state index contributed by atoms with van der Waals surface area (Å²) in [6.45, 7) is 5.38. The van der Waals surface area contributed by atoms with E-state index < -0.39 is 4.92 Å². The fourth-order valence-corrected chi connectivity index (χ4v) is 4.41. The van der Waals surface area contributed by atoms with Gasteiger partial charge in [-0.15, -0.1) is 0 Å². The van der Waals surface area contributed by atoms with E-state index >= 15 is 0 Å². The van der Waals surface area contributed by atoms with Crippen LogP contribution in [0.4, 0.5) is 5.69 Å². The van der Waals surface area contributed by atoms with Gasteiger partial charge < -0.3 is 4.74 Å². The van der Waals surface area contributed by atoms with Crippen molar-refractivity contribution in [3.8, 4) is 5.75 Å². The molecule has 0 bridgehead atoms. The molecule has 1 fully saturated rings. The molecule has 0 saturated carbocycles. The zero-order chi connectivity index (χ0) is 21.7. The molecule has 0 aromatic heterocycles. The van der Waals surface area contributed by atoms with Crippen molar-refractivity contribution in [1.29, 1.82) is 0 Å². The van der Waals surface area contributed by atoms with Gasteiger partial charge in [-0.2, -0.15) is 0 Å². The highest BCUT2D eigenvalue weighted by molar-refractivity contribution is 9.10. The van der Waals surface area contributed by atoms with Crippen LogP contribution in [0.2, 0.25) is 0 Å². The number of nitro benzene ring substituents is 1. The molecule has 7 nitrogen and oxygen atoms in total. The molecule has 0 spiro atoms. The van der Waals surface area contributed by atoms with Crippen LogP contribution in [0.15, 0.2) is 56.8 Å². The van der Waals surface area contributed by atoms with E-state index in [1.165, 1.54) is 23.9 Å². The molecule has 0 radical (unpaired) electrons. The Kier molecular flexibility index (Phi) is 7.28. The fraction of sp³-hybridized carbons (Fsp3) is 0.238. The predicted molar refractivity (Wildman–Crippen MR) is 123 cm³/mol. The van der Waals surface area contributed by atoms with E-state index in [-0.39, 0.29) is 18.2 Å². The van der Waals surface area contributed by atoms with Crippen molar-refractivity contribution in [2.45, 2.75) is 20.5 Å². The van der Waals surface area contributed by atoms with Crippen LogP contribution < -0.4 is 4.74 Å². The minimum Gasteiger partial charge on any atom is -0.488 e. The van der Waals surface area contributed by atoms with Crippen LogP contribution in [-0.2, 0) is 11.4 Å². The number of hydrogen-bond acceptors (Lipinski definition) is 6. The Hall–Kier alpha value is -2.65. The third-order valence-corrected chi connectivity index (χ3v) is 5.96. The van der Waals surface area contributed by atoms with Gasteiger partial charge in [0.05, 0.1) is 14.3 Å². The van der Waals surface area contributed by atoms with Gasteiger partial charge in [-0.3, -0.25) is 24.8 Å². The number of amidine groups is 1. The van der Waals surface area contributed by atoms with Gasteiger partial charge >= 0.3 is 0 Å². The van der Waals surface area contributed by atoms with E-state index in [0.29, 0.717) is 23.7 Å². The Morgan fingerprint density at radius 3 is 2.57 bits per heavy atom. The van der Waals surface area contributed by atoms with Crippen molar-refractivity contribution in [3.63, 3.8) is 0 Å². The number of hydrogen-bond donors (Lipinski definition) is 0. The second kappa shape index (κ2) is 9.90. The van der Waals surface area contributed by atoms with E-state index in [4.69, 9.17) is 4.74 Å². The van der Waals surface area contributed by atoms with Crippen LogP contribution in [0.1, 0.15) is 25.0 Å². The lowest BCUT2D eigenvalue weighted by Gasteiger charge is -2.11. The Balaban J connectivity index is 1.71. The van der Waals surface area contributed by atoms with Gasteiger partial charge in [0.15, 0.2) is 5.17 Å². The first-order valence-electron chi connectivity index (χ1n) is 9.34. The summed E-state index contributed by atoms with van der Waals surface area (Å²) in [5.74, 6) is 0.605. The molecule has 1 heterocycles. The molecule has 3 rings (SSSR count). The molecule has 0 aliphatic carbocycles. The molecule has 9 heteroatoms. The maximum atomic E-state index is 12.6. The standard InChI is InChI=1S/C21H20BrN3O4S/c1-3-23-21-24(4-2)20(26)19(30-21)12-15-7-10-18(17(22)11-15)29-13-14-5-8-16(9-6-14)25(27)28/h5-12H,3-4,13H2,1-2H3/b19-12-,23-21?. The van der Waals surface area contributed by atoms with Crippen molar-refractivity contribution in [3.05, 3.63) is 73.1 Å². The number of nitro groups is 1. The monoisotopic (exact) mass is 489 g/mol. The van der Waals surface area contributed by atoms with Crippen LogP contribution in [0, 0.1) is 10.1 Å². The summed E-state index contributed by atoms with van der Waals surface area (Å²) in [5, 5.41) is 11.5. The first-order chi connectivity index (χ1) is 14.4. The lowest BCUT2D eigenvalue weighted by molar-refractivity contribution is -0.384. The molecular formula is C21H20BrN3O4S. The normalized spacial score (nSPS) is 16.5. The summed E-state index contributed by atoms with van der Waals surface area (Å²) in [6.07, 6.45) is 1.85. The highest BCUT2D eigenvalue weighted by Crippen LogP contribution is 2.34. The molecular weight excluding hydrogens is 470 g/mol. The largest absolute Gasteiger partial charge is 0.488 e. The van der Waals surface area contributed by atoms with E-state index in [2.05, 4.69) is 20.9 Å². The number of non-ortho nitro benzene ring substituents is 1. The van der Waals surface area contributed by atoms with E-state index in [9.17, 15) is 14.9 Å².